The minimum atomic E-state index is -0.532. The quantitative estimate of drug-likeness (QED) is 0.429. The van der Waals surface area contributed by atoms with Crippen LogP contribution >= 0.6 is 0 Å². The van der Waals surface area contributed by atoms with Gasteiger partial charge in [-0.1, -0.05) is 26.0 Å². The van der Waals surface area contributed by atoms with Crippen molar-refractivity contribution < 1.29 is 9.18 Å². The molecule has 0 atom stereocenters. The molecule has 0 aliphatic rings. The summed E-state index contributed by atoms with van der Waals surface area (Å²) in [4.78, 5) is 12.0. The third-order valence-corrected chi connectivity index (χ3v) is 3.86. The minimum absolute atomic E-state index is 0.113. The minimum Gasteiger partial charge on any atom is -0.401 e. The average Bonchev–Trinajstić information content (AvgIpc) is 2.62. The van der Waals surface area contributed by atoms with E-state index in [2.05, 4.69) is 24.5 Å². The van der Waals surface area contributed by atoms with Gasteiger partial charge in [0.25, 0.3) is 0 Å². The molecule has 6 N–H and O–H groups in total. The van der Waals surface area contributed by atoms with Crippen molar-refractivity contribution in [3.05, 3.63) is 66.2 Å². The first-order valence-corrected chi connectivity index (χ1v) is 8.78. The van der Waals surface area contributed by atoms with Crippen LogP contribution in [0.15, 0.2) is 60.4 Å². The van der Waals surface area contributed by atoms with Crippen LogP contribution in [0.3, 0.4) is 0 Å². The molecule has 6 nitrogen and oxygen atoms in total. The molecule has 0 saturated heterocycles. The van der Waals surface area contributed by atoms with Gasteiger partial charge in [0.1, 0.15) is 5.82 Å². The maximum atomic E-state index is 13.6. The summed E-state index contributed by atoms with van der Waals surface area (Å²) < 4.78 is 13.6. The highest BCUT2D eigenvalue weighted by molar-refractivity contribution is 5.99. The molecular weight excluding hydrogens is 345 g/mol. The number of nitrogens with one attached hydrogen (secondary N) is 2. The zero-order valence-electron chi connectivity index (χ0n) is 15.6. The van der Waals surface area contributed by atoms with E-state index in [1.54, 1.807) is 42.6 Å². The van der Waals surface area contributed by atoms with Gasteiger partial charge < -0.3 is 16.4 Å². The van der Waals surface area contributed by atoms with Gasteiger partial charge in [0.05, 0.1) is 11.4 Å². The van der Waals surface area contributed by atoms with Crippen molar-refractivity contribution in [1.82, 2.24) is 0 Å². The number of hydrazine groups is 1. The molecule has 0 fully saturated rings. The number of carbonyl (C=O) groups is 1. The van der Waals surface area contributed by atoms with E-state index in [4.69, 9.17) is 11.6 Å². The number of hydrogen-bond donors (Lipinski definition) is 4. The fourth-order valence-corrected chi connectivity index (χ4v) is 2.34. The number of allylic oxidation sites excluding steroid dienone is 1. The molecule has 0 aliphatic heterocycles. The smallest absolute Gasteiger partial charge is 0.323 e. The molecule has 2 aromatic carbocycles. The largest absolute Gasteiger partial charge is 0.401 e. The van der Waals surface area contributed by atoms with Gasteiger partial charge in [0.15, 0.2) is 0 Å². The lowest BCUT2D eigenvalue weighted by Crippen LogP contribution is -2.26. The zero-order valence-corrected chi connectivity index (χ0v) is 15.6. The average molecular weight is 371 g/mol. The number of anilines is 3. The SMILES string of the molecule is CC(C)CC/C(N)=C/N(N)c1ccc(NC(=O)Nc2ccccc2F)cc1. The molecule has 0 radical (unpaired) electrons. The van der Waals surface area contributed by atoms with Crippen molar-refractivity contribution in [2.45, 2.75) is 26.7 Å². The molecule has 0 bridgehead atoms. The van der Waals surface area contributed by atoms with E-state index >= 15 is 0 Å². The number of amides is 2. The number of rotatable bonds is 7. The van der Waals surface area contributed by atoms with Crippen molar-refractivity contribution in [2.24, 2.45) is 17.5 Å². The van der Waals surface area contributed by atoms with E-state index < -0.39 is 11.8 Å². The predicted molar refractivity (Wildman–Crippen MR) is 108 cm³/mol. The Morgan fingerprint density at radius 3 is 2.44 bits per heavy atom. The lowest BCUT2D eigenvalue weighted by molar-refractivity contribution is 0.262. The standard InChI is InChI=1S/C20H26FN5O/c1-14(2)7-8-15(22)13-26(23)17-11-9-16(10-12-17)24-20(27)25-19-6-4-3-5-18(19)21/h3-6,9-14H,7-8,22-23H2,1-2H3,(H2,24,25,27)/b15-13-. The molecule has 7 heteroatoms. The number of nitrogens with two attached hydrogens (primary N) is 2. The molecule has 2 aromatic rings. The number of para-hydroxylation sites is 1. The third kappa shape index (κ3) is 6.63. The molecule has 0 aliphatic carbocycles. The molecule has 144 valence electrons. The van der Waals surface area contributed by atoms with Crippen LogP contribution in [0.4, 0.5) is 26.2 Å². The van der Waals surface area contributed by atoms with Gasteiger partial charge in [-0.3, -0.25) is 5.01 Å². The van der Waals surface area contributed by atoms with Crippen LogP contribution in [-0.2, 0) is 0 Å². The van der Waals surface area contributed by atoms with Gasteiger partial charge in [-0.05, 0) is 55.2 Å². The summed E-state index contributed by atoms with van der Waals surface area (Å²) in [5, 5.41) is 6.54. The van der Waals surface area contributed by atoms with Crippen molar-refractivity contribution in [3.8, 4) is 0 Å². The van der Waals surface area contributed by atoms with E-state index in [-0.39, 0.29) is 5.69 Å². The fourth-order valence-electron chi connectivity index (χ4n) is 2.34. The molecule has 0 aromatic heterocycles. The van der Waals surface area contributed by atoms with Crippen molar-refractivity contribution in [3.63, 3.8) is 0 Å². The Kier molecular flexibility index (Phi) is 7.19. The Bertz CT molecular complexity index is 789. The van der Waals surface area contributed by atoms with E-state index in [0.29, 0.717) is 17.3 Å². The monoisotopic (exact) mass is 371 g/mol. The van der Waals surface area contributed by atoms with E-state index in [1.807, 2.05) is 0 Å². The van der Waals surface area contributed by atoms with Crippen LogP contribution in [0, 0.1) is 11.7 Å². The number of hydrogen-bond acceptors (Lipinski definition) is 4. The molecule has 27 heavy (non-hydrogen) atoms. The first-order valence-electron chi connectivity index (χ1n) is 8.78. The van der Waals surface area contributed by atoms with Crippen molar-refractivity contribution >= 4 is 23.1 Å². The second-order valence-electron chi connectivity index (χ2n) is 6.65. The Morgan fingerprint density at radius 2 is 1.81 bits per heavy atom. The van der Waals surface area contributed by atoms with E-state index in [1.165, 1.54) is 17.1 Å². The first-order chi connectivity index (χ1) is 12.8. The summed E-state index contributed by atoms with van der Waals surface area (Å²) in [6.45, 7) is 4.28. The van der Waals surface area contributed by atoms with Crippen molar-refractivity contribution in [1.29, 1.82) is 0 Å². The highest BCUT2D eigenvalue weighted by atomic mass is 19.1. The summed E-state index contributed by atoms with van der Waals surface area (Å²) in [5.74, 6) is 6.08. The van der Waals surface area contributed by atoms with Crippen LogP contribution in [0.1, 0.15) is 26.7 Å². The molecule has 0 saturated carbocycles. The van der Waals surface area contributed by atoms with Crippen molar-refractivity contribution in [2.75, 3.05) is 15.6 Å². The Balaban J connectivity index is 1.93. The molecule has 0 unspecified atom stereocenters. The maximum absolute atomic E-state index is 13.6. The summed E-state index contributed by atoms with van der Waals surface area (Å²) in [5.41, 5.74) is 8.08. The summed E-state index contributed by atoms with van der Waals surface area (Å²) in [7, 11) is 0. The summed E-state index contributed by atoms with van der Waals surface area (Å²) >= 11 is 0. The Hall–Kier alpha value is -3.06. The highest BCUT2D eigenvalue weighted by Crippen LogP contribution is 2.18. The Labute approximate surface area is 159 Å². The number of benzene rings is 2. The molecule has 0 heterocycles. The van der Waals surface area contributed by atoms with Gasteiger partial charge in [-0.25, -0.2) is 15.0 Å². The second kappa shape index (κ2) is 9.59. The highest BCUT2D eigenvalue weighted by Gasteiger charge is 2.07. The van der Waals surface area contributed by atoms with Crippen LogP contribution in [0.2, 0.25) is 0 Å². The predicted octanol–water partition coefficient (Wildman–Crippen LogP) is 4.39. The summed E-state index contributed by atoms with van der Waals surface area (Å²) in [6, 6.07) is 12.3. The van der Waals surface area contributed by atoms with Crippen LogP contribution in [0.25, 0.3) is 0 Å². The Morgan fingerprint density at radius 1 is 1.15 bits per heavy atom. The lowest BCUT2D eigenvalue weighted by Gasteiger charge is -2.16. The van der Waals surface area contributed by atoms with Crippen LogP contribution in [-0.4, -0.2) is 6.03 Å². The molecule has 0 spiro atoms. The van der Waals surface area contributed by atoms with Crippen LogP contribution < -0.4 is 27.2 Å². The van der Waals surface area contributed by atoms with Gasteiger partial charge in [-0.2, -0.15) is 0 Å². The molecule has 2 amide bonds. The zero-order chi connectivity index (χ0) is 19.8. The number of urea groups is 1. The summed E-state index contributed by atoms with van der Waals surface area (Å²) in [6.07, 6.45) is 3.47. The normalized spacial score (nSPS) is 11.4. The fraction of sp³-hybridized carbons (Fsp3) is 0.250. The van der Waals surface area contributed by atoms with Gasteiger partial charge in [-0.15, -0.1) is 0 Å². The molecule has 2 rings (SSSR count). The van der Waals surface area contributed by atoms with Gasteiger partial charge >= 0.3 is 6.03 Å². The number of carbonyl (C=O) groups excluding carboxylic acids is 1. The molecular formula is C20H26FN5O. The first kappa shape index (κ1) is 20.3. The lowest BCUT2D eigenvalue weighted by atomic mass is 10.1. The van der Waals surface area contributed by atoms with Crippen LogP contribution in [0.5, 0.6) is 0 Å². The second-order valence-corrected chi connectivity index (χ2v) is 6.65. The van der Waals surface area contributed by atoms with E-state index in [9.17, 15) is 9.18 Å². The number of halogens is 1. The third-order valence-electron chi connectivity index (χ3n) is 3.86. The topological polar surface area (TPSA) is 96.4 Å². The van der Waals surface area contributed by atoms with E-state index in [0.717, 1.165) is 18.5 Å². The number of nitrogens with zero attached hydrogens (tertiary/aromatic N) is 1. The van der Waals surface area contributed by atoms with Gasteiger partial charge in [0.2, 0.25) is 0 Å². The van der Waals surface area contributed by atoms with Gasteiger partial charge in [0, 0.05) is 17.6 Å². The maximum Gasteiger partial charge on any atom is 0.323 e.